The van der Waals surface area contributed by atoms with E-state index in [2.05, 4.69) is 20.5 Å². The lowest BCUT2D eigenvalue weighted by atomic mass is 10.2. The van der Waals surface area contributed by atoms with Crippen molar-refractivity contribution in [3.63, 3.8) is 0 Å². The Kier molecular flexibility index (Phi) is 3.16. The van der Waals surface area contributed by atoms with Gasteiger partial charge in [0.15, 0.2) is 0 Å². The molecule has 0 unspecified atom stereocenters. The summed E-state index contributed by atoms with van der Waals surface area (Å²) in [6, 6.07) is 11.3. The first-order valence-corrected chi connectivity index (χ1v) is 6.47. The summed E-state index contributed by atoms with van der Waals surface area (Å²) in [6.45, 7) is 2.01. The Morgan fingerprint density at radius 2 is 2.10 bits per heavy atom. The topological polar surface area (TPSA) is 70.7 Å². The zero-order valence-electron chi connectivity index (χ0n) is 11.1. The fourth-order valence-corrected chi connectivity index (χ4v) is 2.06. The first-order chi connectivity index (χ1) is 9.78. The number of hydrogen-bond acceptors (Lipinski definition) is 3. The van der Waals surface area contributed by atoms with Crippen LogP contribution in [0.15, 0.2) is 42.6 Å². The number of benzene rings is 1. The van der Waals surface area contributed by atoms with E-state index in [9.17, 15) is 4.79 Å². The summed E-state index contributed by atoms with van der Waals surface area (Å²) in [6.07, 6.45) is 2.51. The number of amides is 1. The molecular weight excluding hydrogens is 252 g/mol. The Balaban J connectivity index is 1.89. The number of H-pyrrole nitrogens is 1. The Morgan fingerprint density at radius 1 is 1.25 bits per heavy atom. The molecular formula is C15H14N4O. The number of fused-ring (bicyclic) bond motifs is 1. The molecule has 0 aliphatic heterocycles. The molecule has 0 aliphatic rings. The summed E-state index contributed by atoms with van der Waals surface area (Å²) in [7, 11) is 0. The average Bonchev–Trinajstić information content (AvgIpc) is 2.94. The van der Waals surface area contributed by atoms with Crippen LogP contribution in [-0.2, 0) is 6.42 Å². The van der Waals surface area contributed by atoms with Crippen LogP contribution in [0.4, 0.5) is 5.82 Å². The number of aryl methyl sites for hydroxylation is 1. The lowest BCUT2D eigenvalue weighted by molar-refractivity contribution is 0.102. The molecule has 2 aromatic heterocycles. The number of nitrogens with zero attached hydrogens (tertiary/aromatic N) is 2. The number of carbonyl (C=O) groups excluding carboxylic acids is 1. The normalized spacial score (nSPS) is 10.7. The maximum atomic E-state index is 12.2. The van der Waals surface area contributed by atoms with E-state index in [4.69, 9.17) is 0 Å². The van der Waals surface area contributed by atoms with E-state index in [-0.39, 0.29) is 5.91 Å². The second kappa shape index (κ2) is 5.13. The van der Waals surface area contributed by atoms with Crippen molar-refractivity contribution >= 4 is 22.6 Å². The first-order valence-electron chi connectivity index (χ1n) is 6.47. The number of aromatic amines is 1. The van der Waals surface area contributed by atoms with Gasteiger partial charge in [-0.15, -0.1) is 0 Å². The van der Waals surface area contributed by atoms with Crippen LogP contribution in [0, 0.1) is 0 Å². The monoisotopic (exact) mass is 266 g/mol. The van der Waals surface area contributed by atoms with Gasteiger partial charge in [0.2, 0.25) is 0 Å². The van der Waals surface area contributed by atoms with Crippen molar-refractivity contribution in [2.75, 3.05) is 5.32 Å². The van der Waals surface area contributed by atoms with E-state index in [0.29, 0.717) is 11.5 Å². The van der Waals surface area contributed by atoms with Crippen molar-refractivity contribution in [1.29, 1.82) is 0 Å². The zero-order chi connectivity index (χ0) is 13.9. The van der Waals surface area contributed by atoms with Crippen LogP contribution >= 0.6 is 0 Å². The average molecular weight is 266 g/mol. The van der Waals surface area contributed by atoms with Crippen molar-refractivity contribution in [1.82, 2.24) is 15.2 Å². The summed E-state index contributed by atoms with van der Waals surface area (Å²) in [5.74, 6) is 0.391. The van der Waals surface area contributed by atoms with Crippen LogP contribution in [0.5, 0.6) is 0 Å². The zero-order valence-corrected chi connectivity index (χ0v) is 11.1. The molecule has 3 aromatic rings. The minimum Gasteiger partial charge on any atom is -0.305 e. The van der Waals surface area contributed by atoms with Crippen molar-refractivity contribution in [2.45, 2.75) is 13.3 Å². The molecule has 1 aromatic carbocycles. The molecule has 0 aliphatic carbocycles. The van der Waals surface area contributed by atoms with Crippen molar-refractivity contribution in [3.8, 4) is 0 Å². The maximum absolute atomic E-state index is 12.2. The van der Waals surface area contributed by atoms with Gasteiger partial charge >= 0.3 is 0 Å². The van der Waals surface area contributed by atoms with E-state index in [1.54, 1.807) is 12.3 Å². The van der Waals surface area contributed by atoms with Gasteiger partial charge in [-0.2, -0.15) is 5.10 Å². The third-order valence-corrected chi connectivity index (χ3v) is 3.17. The number of carbonyl (C=O) groups is 1. The fraction of sp³-hybridized carbons (Fsp3) is 0.133. The van der Waals surface area contributed by atoms with E-state index in [1.807, 2.05) is 37.3 Å². The first kappa shape index (κ1) is 12.3. The summed E-state index contributed by atoms with van der Waals surface area (Å²) >= 11 is 0. The number of aromatic nitrogens is 3. The lowest BCUT2D eigenvalue weighted by Gasteiger charge is -2.05. The highest BCUT2D eigenvalue weighted by Gasteiger charge is 2.11. The Hall–Kier alpha value is -2.69. The molecule has 3 rings (SSSR count). The minimum atomic E-state index is -0.241. The summed E-state index contributed by atoms with van der Waals surface area (Å²) in [5, 5.41) is 10.5. The SMILES string of the molecule is CCc1cn[nH]c1NC(=O)c1ccc2ccccc2n1. The van der Waals surface area contributed by atoms with Gasteiger partial charge in [0.05, 0.1) is 11.7 Å². The molecule has 0 bridgehead atoms. The molecule has 5 heteroatoms. The smallest absolute Gasteiger partial charge is 0.275 e. The summed E-state index contributed by atoms with van der Waals surface area (Å²) < 4.78 is 0. The standard InChI is InChI=1S/C15H14N4O/c1-2-10-9-16-19-14(10)18-15(20)13-8-7-11-5-3-4-6-12(11)17-13/h3-9H,2H2,1H3,(H2,16,18,19,20). The summed E-state index contributed by atoms with van der Waals surface area (Å²) in [5.41, 5.74) is 2.17. The van der Waals surface area contributed by atoms with Crippen LogP contribution < -0.4 is 5.32 Å². The molecule has 0 atom stereocenters. The van der Waals surface area contributed by atoms with Crippen molar-refractivity contribution in [2.24, 2.45) is 0 Å². The third-order valence-electron chi connectivity index (χ3n) is 3.17. The molecule has 0 fully saturated rings. The quantitative estimate of drug-likeness (QED) is 0.765. The number of rotatable bonds is 3. The minimum absolute atomic E-state index is 0.241. The van der Waals surface area contributed by atoms with E-state index in [0.717, 1.165) is 22.9 Å². The van der Waals surface area contributed by atoms with Gasteiger partial charge in [-0.1, -0.05) is 31.2 Å². The predicted octanol–water partition coefficient (Wildman–Crippen LogP) is 2.77. The highest BCUT2D eigenvalue weighted by molar-refractivity contribution is 6.03. The van der Waals surface area contributed by atoms with Gasteiger partial charge in [-0.3, -0.25) is 9.89 Å². The van der Waals surface area contributed by atoms with E-state index in [1.165, 1.54) is 0 Å². The lowest BCUT2D eigenvalue weighted by Crippen LogP contribution is -2.14. The molecule has 20 heavy (non-hydrogen) atoms. The molecule has 0 saturated heterocycles. The molecule has 2 heterocycles. The second-order valence-corrected chi connectivity index (χ2v) is 4.47. The van der Waals surface area contributed by atoms with Crippen molar-refractivity contribution < 1.29 is 4.79 Å². The number of nitrogens with one attached hydrogen (secondary N) is 2. The maximum Gasteiger partial charge on any atom is 0.275 e. The molecule has 0 spiro atoms. The van der Waals surface area contributed by atoms with E-state index < -0.39 is 0 Å². The molecule has 1 amide bonds. The van der Waals surface area contributed by atoms with Crippen molar-refractivity contribution in [3.05, 3.63) is 53.9 Å². The molecule has 5 nitrogen and oxygen atoms in total. The van der Waals surface area contributed by atoms with Gasteiger partial charge in [-0.05, 0) is 18.6 Å². The van der Waals surface area contributed by atoms with Gasteiger partial charge in [0.1, 0.15) is 11.5 Å². The predicted molar refractivity (Wildman–Crippen MR) is 77.7 cm³/mol. The molecule has 0 radical (unpaired) electrons. The highest BCUT2D eigenvalue weighted by atomic mass is 16.1. The molecule has 0 saturated carbocycles. The Morgan fingerprint density at radius 3 is 2.95 bits per heavy atom. The number of hydrogen-bond donors (Lipinski definition) is 2. The van der Waals surface area contributed by atoms with Crippen LogP contribution in [0.1, 0.15) is 23.0 Å². The van der Waals surface area contributed by atoms with Gasteiger partial charge in [0, 0.05) is 10.9 Å². The number of para-hydroxylation sites is 1. The molecule has 2 N–H and O–H groups in total. The number of pyridine rings is 1. The fourth-order valence-electron chi connectivity index (χ4n) is 2.06. The van der Waals surface area contributed by atoms with Crippen LogP contribution in [-0.4, -0.2) is 21.1 Å². The Bertz CT molecular complexity index is 763. The van der Waals surface area contributed by atoms with Crippen LogP contribution in [0.3, 0.4) is 0 Å². The van der Waals surface area contributed by atoms with Crippen LogP contribution in [0.2, 0.25) is 0 Å². The number of anilines is 1. The summed E-state index contributed by atoms with van der Waals surface area (Å²) in [4.78, 5) is 16.6. The molecule has 100 valence electrons. The largest absolute Gasteiger partial charge is 0.305 e. The van der Waals surface area contributed by atoms with Gasteiger partial charge < -0.3 is 5.32 Å². The van der Waals surface area contributed by atoms with Gasteiger partial charge in [-0.25, -0.2) is 4.98 Å². The highest BCUT2D eigenvalue weighted by Crippen LogP contribution is 2.15. The van der Waals surface area contributed by atoms with Crippen LogP contribution in [0.25, 0.3) is 10.9 Å². The second-order valence-electron chi connectivity index (χ2n) is 4.47. The Labute approximate surface area is 116 Å². The van der Waals surface area contributed by atoms with E-state index >= 15 is 0 Å². The third kappa shape index (κ3) is 2.25. The van der Waals surface area contributed by atoms with Gasteiger partial charge in [0.25, 0.3) is 5.91 Å².